The van der Waals surface area contributed by atoms with Crippen LogP contribution in [0.25, 0.3) is 0 Å². The lowest BCUT2D eigenvalue weighted by Gasteiger charge is -2.56. The largest absolute Gasteiger partial charge is 0.0654 e. The molecule has 0 nitrogen and oxygen atoms in total. The zero-order valence-corrected chi connectivity index (χ0v) is 29.9. The van der Waals surface area contributed by atoms with Crippen molar-refractivity contribution < 1.29 is 0 Å². The van der Waals surface area contributed by atoms with Gasteiger partial charge in [0.25, 0.3) is 0 Å². The van der Waals surface area contributed by atoms with E-state index in [-0.39, 0.29) is 0 Å². The highest BCUT2D eigenvalue weighted by Gasteiger charge is 2.52. The van der Waals surface area contributed by atoms with Gasteiger partial charge in [-0.05, 0) is 147 Å². The van der Waals surface area contributed by atoms with Crippen molar-refractivity contribution in [1.29, 1.82) is 0 Å². The van der Waals surface area contributed by atoms with Gasteiger partial charge >= 0.3 is 0 Å². The van der Waals surface area contributed by atoms with E-state index in [0.29, 0.717) is 5.41 Å². The van der Waals surface area contributed by atoms with E-state index in [9.17, 15) is 0 Å². The van der Waals surface area contributed by atoms with Crippen molar-refractivity contribution in [3.63, 3.8) is 0 Å². The van der Waals surface area contributed by atoms with Crippen LogP contribution in [0.1, 0.15) is 183 Å². The predicted octanol–water partition coefficient (Wildman–Crippen LogP) is 13.4. The van der Waals surface area contributed by atoms with Crippen LogP contribution in [0.15, 0.2) is 0 Å². The minimum atomic E-state index is 0.545. The summed E-state index contributed by atoms with van der Waals surface area (Å²) in [6, 6.07) is 0. The molecule has 0 heterocycles. The molecule has 6 aliphatic carbocycles. The molecule has 13 unspecified atom stereocenters. The van der Waals surface area contributed by atoms with Crippen molar-refractivity contribution in [2.45, 2.75) is 183 Å². The molecule has 6 rings (SSSR count). The van der Waals surface area contributed by atoms with Crippen LogP contribution in [0, 0.1) is 82.3 Å². The number of hydrogen-bond donors (Lipinski definition) is 0. The average Bonchev–Trinajstić information content (AvgIpc) is 3.64. The third kappa shape index (κ3) is 7.68. The molecule has 6 aliphatic rings. The maximum absolute atomic E-state index is 2.66. The number of fused-ring (bicyclic) bond motifs is 2. The molecule has 0 aliphatic heterocycles. The zero-order valence-electron chi connectivity index (χ0n) is 29.9. The molecule has 6 saturated carbocycles. The first kappa shape index (κ1) is 33.4. The van der Waals surface area contributed by atoms with Crippen molar-refractivity contribution in [3.8, 4) is 0 Å². The molecule has 0 bridgehead atoms. The van der Waals surface area contributed by atoms with Gasteiger partial charge < -0.3 is 0 Å². The molecule has 0 saturated heterocycles. The highest BCUT2D eigenvalue weighted by atomic mass is 14.6. The van der Waals surface area contributed by atoms with E-state index in [4.69, 9.17) is 0 Å². The molecule has 244 valence electrons. The van der Waals surface area contributed by atoms with Crippen molar-refractivity contribution in [3.05, 3.63) is 0 Å². The molecular weight excluding hydrogens is 504 g/mol. The predicted molar refractivity (Wildman–Crippen MR) is 184 cm³/mol. The van der Waals surface area contributed by atoms with Gasteiger partial charge in [0.15, 0.2) is 0 Å². The Labute approximate surface area is 265 Å². The summed E-state index contributed by atoms with van der Waals surface area (Å²) >= 11 is 0. The molecule has 0 N–H and O–H groups in total. The first-order valence-electron chi connectivity index (χ1n) is 20.2. The zero-order chi connectivity index (χ0) is 29.9. The van der Waals surface area contributed by atoms with Gasteiger partial charge in [0, 0.05) is 0 Å². The van der Waals surface area contributed by atoms with E-state index >= 15 is 0 Å². The lowest BCUT2D eigenvalue weighted by atomic mass is 9.49. The standard InChI is InChI=1S/C26H46.C16H30/c1-4-6-12-22-18(3)17-21-11-9-14-24(21)26(22)25-19(5-2)15-16-20-10-7-8-13-23(20)25;1-12-8-9-14(10-12)13-6-5-7-15(11-13)16(2,3)4/h18-26H,4-17H2,1-3H3;12-15H,5-11H2,1-4H3. The van der Waals surface area contributed by atoms with Crippen molar-refractivity contribution in [1.82, 2.24) is 0 Å². The van der Waals surface area contributed by atoms with Gasteiger partial charge in [-0.3, -0.25) is 0 Å². The van der Waals surface area contributed by atoms with Gasteiger partial charge in [-0.15, -0.1) is 0 Å². The van der Waals surface area contributed by atoms with Crippen LogP contribution >= 0.6 is 0 Å². The molecule has 6 fully saturated rings. The first-order valence-corrected chi connectivity index (χ1v) is 20.2. The average molecular weight is 581 g/mol. The van der Waals surface area contributed by atoms with E-state index in [0.717, 1.165) is 76.9 Å². The van der Waals surface area contributed by atoms with E-state index < -0.39 is 0 Å². The lowest BCUT2D eigenvalue weighted by Crippen LogP contribution is -2.49. The van der Waals surface area contributed by atoms with Gasteiger partial charge in [-0.1, -0.05) is 119 Å². The Bertz CT molecular complexity index is 788. The second kappa shape index (κ2) is 15.1. The van der Waals surface area contributed by atoms with Crippen molar-refractivity contribution in [2.75, 3.05) is 0 Å². The molecule has 13 atom stereocenters. The summed E-state index contributed by atoms with van der Waals surface area (Å²) in [6.07, 6.45) is 32.2. The SMILES string of the molecule is CC1CCC(C2CCCC(C(C)(C)C)C2)C1.CCCCC1C(C)CC2CCCC2C1C1C(CC)CCC2CCCCC21. The van der Waals surface area contributed by atoms with E-state index in [1.54, 1.807) is 64.2 Å². The molecule has 0 heteroatoms. The highest BCUT2D eigenvalue weighted by molar-refractivity contribution is 5.02. The topological polar surface area (TPSA) is 0 Å². The summed E-state index contributed by atoms with van der Waals surface area (Å²) in [5.74, 6) is 14.0. The summed E-state index contributed by atoms with van der Waals surface area (Å²) < 4.78 is 0. The van der Waals surface area contributed by atoms with Gasteiger partial charge in [0.05, 0.1) is 0 Å². The van der Waals surface area contributed by atoms with Crippen LogP contribution in [0.2, 0.25) is 0 Å². The Morgan fingerprint density at radius 2 is 1.21 bits per heavy atom. The van der Waals surface area contributed by atoms with Crippen LogP contribution in [0.5, 0.6) is 0 Å². The van der Waals surface area contributed by atoms with Gasteiger partial charge in [0.2, 0.25) is 0 Å². The van der Waals surface area contributed by atoms with Crippen LogP contribution in [0.4, 0.5) is 0 Å². The smallest absolute Gasteiger partial charge is 0.0318 e. The van der Waals surface area contributed by atoms with Crippen LogP contribution in [0.3, 0.4) is 0 Å². The lowest BCUT2D eigenvalue weighted by molar-refractivity contribution is -0.0713. The van der Waals surface area contributed by atoms with Crippen LogP contribution < -0.4 is 0 Å². The van der Waals surface area contributed by atoms with Crippen LogP contribution in [-0.2, 0) is 0 Å². The quantitative estimate of drug-likeness (QED) is 0.293. The van der Waals surface area contributed by atoms with Gasteiger partial charge in [-0.25, -0.2) is 0 Å². The number of hydrogen-bond acceptors (Lipinski definition) is 0. The fourth-order valence-corrected chi connectivity index (χ4v) is 13.0. The summed E-state index contributed by atoms with van der Waals surface area (Å²) in [4.78, 5) is 0. The van der Waals surface area contributed by atoms with E-state index in [2.05, 4.69) is 48.5 Å². The van der Waals surface area contributed by atoms with Gasteiger partial charge in [0.1, 0.15) is 0 Å². The molecule has 0 amide bonds. The second-order valence-electron chi connectivity index (χ2n) is 18.7. The highest BCUT2D eigenvalue weighted by Crippen LogP contribution is 2.60. The number of unbranched alkanes of at least 4 members (excludes halogenated alkanes) is 1. The second-order valence-corrected chi connectivity index (χ2v) is 18.7. The van der Waals surface area contributed by atoms with E-state index in [1.807, 2.05) is 0 Å². The third-order valence-electron chi connectivity index (χ3n) is 15.2. The summed E-state index contributed by atoms with van der Waals surface area (Å²) in [5, 5.41) is 0. The summed E-state index contributed by atoms with van der Waals surface area (Å²) in [7, 11) is 0. The molecule has 0 aromatic heterocycles. The Hall–Kier alpha value is 0. The third-order valence-corrected chi connectivity index (χ3v) is 15.2. The molecule has 0 spiro atoms. The Balaban J connectivity index is 0.000000189. The Morgan fingerprint density at radius 1 is 0.571 bits per heavy atom. The van der Waals surface area contributed by atoms with Crippen LogP contribution in [-0.4, -0.2) is 0 Å². The Morgan fingerprint density at radius 3 is 1.93 bits per heavy atom. The first-order chi connectivity index (χ1) is 20.2. The number of rotatable bonds is 6. The minimum absolute atomic E-state index is 0.545. The van der Waals surface area contributed by atoms with E-state index in [1.165, 1.54) is 70.6 Å². The molecule has 0 aromatic carbocycles. The fraction of sp³-hybridized carbons (Fsp3) is 1.00. The van der Waals surface area contributed by atoms with Crippen molar-refractivity contribution in [2.24, 2.45) is 82.3 Å². The van der Waals surface area contributed by atoms with Gasteiger partial charge in [-0.2, -0.15) is 0 Å². The molecule has 0 radical (unpaired) electrons. The summed E-state index contributed by atoms with van der Waals surface area (Å²) in [5.41, 5.74) is 0.545. The summed E-state index contributed by atoms with van der Waals surface area (Å²) in [6.45, 7) is 17.4. The molecular formula is C42H76. The minimum Gasteiger partial charge on any atom is -0.0654 e. The maximum atomic E-state index is 2.66. The fourth-order valence-electron chi connectivity index (χ4n) is 13.0. The molecule has 42 heavy (non-hydrogen) atoms. The Kier molecular flexibility index (Phi) is 12.0. The van der Waals surface area contributed by atoms with Crippen molar-refractivity contribution >= 4 is 0 Å². The monoisotopic (exact) mass is 581 g/mol. The maximum Gasteiger partial charge on any atom is -0.0318 e. The molecule has 0 aromatic rings. The normalized spacial score (nSPS) is 45.9.